The standard InChI is InChI=1S/C16H25NO4/c1-4-5-10-21-14-8-6-13(7-9-14)15(18)17-11-16(2,19)12-20-3/h6-9,19H,4-5,10-12H2,1-3H3,(H,17,18)/t16-/m0/s1. The van der Waals surface area contributed by atoms with Crippen LogP contribution in [0.1, 0.15) is 37.0 Å². The zero-order valence-electron chi connectivity index (χ0n) is 13.0. The molecule has 0 aliphatic heterocycles. The molecule has 1 atom stereocenters. The van der Waals surface area contributed by atoms with E-state index in [1.54, 1.807) is 31.2 Å². The SMILES string of the molecule is CCCCOc1ccc(C(=O)NC[C@](C)(O)COC)cc1. The molecule has 0 heterocycles. The Morgan fingerprint density at radius 1 is 1.33 bits per heavy atom. The van der Waals surface area contributed by atoms with Gasteiger partial charge >= 0.3 is 0 Å². The van der Waals surface area contributed by atoms with Crippen LogP contribution in [-0.2, 0) is 4.74 Å². The van der Waals surface area contributed by atoms with Crippen LogP contribution in [0.25, 0.3) is 0 Å². The van der Waals surface area contributed by atoms with E-state index < -0.39 is 5.60 Å². The van der Waals surface area contributed by atoms with Crippen LogP contribution in [0.3, 0.4) is 0 Å². The molecule has 1 aromatic rings. The van der Waals surface area contributed by atoms with Gasteiger partial charge in [0.05, 0.1) is 13.2 Å². The molecule has 1 aromatic carbocycles. The van der Waals surface area contributed by atoms with Gasteiger partial charge in [-0.1, -0.05) is 13.3 Å². The molecular formula is C16H25NO4. The zero-order chi connectivity index (χ0) is 15.7. The molecular weight excluding hydrogens is 270 g/mol. The number of carbonyl (C=O) groups excluding carboxylic acids is 1. The number of aliphatic hydroxyl groups is 1. The van der Waals surface area contributed by atoms with Gasteiger partial charge in [0.15, 0.2) is 0 Å². The van der Waals surface area contributed by atoms with Crippen molar-refractivity contribution < 1.29 is 19.4 Å². The Morgan fingerprint density at radius 3 is 2.57 bits per heavy atom. The maximum atomic E-state index is 12.0. The molecule has 0 spiro atoms. The number of unbranched alkanes of at least 4 members (excludes halogenated alkanes) is 1. The van der Waals surface area contributed by atoms with E-state index in [1.165, 1.54) is 7.11 Å². The highest BCUT2D eigenvalue weighted by Crippen LogP contribution is 2.13. The van der Waals surface area contributed by atoms with Crippen LogP contribution in [0.15, 0.2) is 24.3 Å². The first-order chi connectivity index (χ1) is 9.98. The number of carbonyl (C=O) groups is 1. The minimum Gasteiger partial charge on any atom is -0.494 e. The normalized spacial score (nSPS) is 13.5. The molecule has 5 heteroatoms. The van der Waals surface area contributed by atoms with Crippen molar-refractivity contribution in [1.29, 1.82) is 0 Å². The fraction of sp³-hybridized carbons (Fsp3) is 0.562. The number of rotatable bonds is 9. The Labute approximate surface area is 126 Å². The van der Waals surface area contributed by atoms with Crippen LogP contribution in [0.5, 0.6) is 5.75 Å². The Hall–Kier alpha value is -1.59. The molecule has 0 aromatic heterocycles. The summed E-state index contributed by atoms with van der Waals surface area (Å²) in [6.07, 6.45) is 2.10. The third-order valence-electron chi connectivity index (χ3n) is 2.97. The van der Waals surface area contributed by atoms with Crippen molar-refractivity contribution >= 4 is 5.91 Å². The van der Waals surface area contributed by atoms with Crippen molar-refractivity contribution in [1.82, 2.24) is 5.32 Å². The molecule has 0 radical (unpaired) electrons. The quantitative estimate of drug-likeness (QED) is 0.684. The topological polar surface area (TPSA) is 67.8 Å². The summed E-state index contributed by atoms with van der Waals surface area (Å²) in [5, 5.41) is 12.6. The Kier molecular flexibility index (Phi) is 7.19. The predicted octanol–water partition coefficient (Wildman–Crippen LogP) is 1.99. The van der Waals surface area contributed by atoms with Crippen LogP contribution in [-0.4, -0.2) is 43.5 Å². The molecule has 0 saturated carbocycles. The summed E-state index contributed by atoms with van der Waals surface area (Å²) in [5.74, 6) is 0.526. The van der Waals surface area contributed by atoms with E-state index in [4.69, 9.17) is 9.47 Å². The summed E-state index contributed by atoms with van der Waals surface area (Å²) < 4.78 is 10.4. The van der Waals surface area contributed by atoms with Gasteiger partial charge in [0.25, 0.3) is 5.91 Å². The molecule has 0 saturated heterocycles. The Bertz CT molecular complexity index is 428. The third kappa shape index (κ3) is 6.60. The molecule has 118 valence electrons. The summed E-state index contributed by atoms with van der Waals surface area (Å²) in [7, 11) is 1.51. The molecule has 0 unspecified atom stereocenters. The van der Waals surface area contributed by atoms with E-state index >= 15 is 0 Å². The number of amides is 1. The van der Waals surface area contributed by atoms with Crippen LogP contribution < -0.4 is 10.1 Å². The van der Waals surface area contributed by atoms with Crippen molar-refractivity contribution in [2.24, 2.45) is 0 Å². The van der Waals surface area contributed by atoms with E-state index in [0.29, 0.717) is 12.2 Å². The van der Waals surface area contributed by atoms with Gasteiger partial charge in [-0.15, -0.1) is 0 Å². The summed E-state index contributed by atoms with van der Waals surface area (Å²) in [6, 6.07) is 6.97. The molecule has 5 nitrogen and oxygen atoms in total. The summed E-state index contributed by atoms with van der Waals surface area (Å²) in [4.78, 5) is 12.0. The van der Waals surface area contributed by atoms with E-state index in [9.17, 15) is 9.90 Å². The maximum absolute atomic E-state index is 12.0. The van der Waals surface area contributed by atoms with E-state index in [-0.39, 0.29) is 19.1 Å². The number of ether oxygens (including phenoxy) is 2. The Balaban J connectivity index is 2.47. The number of hydrogen-bond donors (Lipinski definition) is 2. The second kappa shape index (κ2) is 8.64. The summed E-state index contributed by atoms with van der Waals surface area (Å²) in [6.45, 7) is 4.70. The van der Waals surface area contributed by atoms with Crippen molar-refractivity contribution in [2.75, 3.05) is 26.9 Å². The van der Waals surface area contributed by atoms with Gasteiger partial charge < -0.3 is 19.9 Å². The zero-order valence-corrected chi connectivity index (χ0v) is 13.0. The van der Waals surface area contributed by atoms with Crippen LogP contribution in [0, 0.1) is 0 Å². The average molecular weight is 295 g/mol. The van der Waals surface area contributed by atoms with Crippen molar-refractivity contribution in [3.63, 3.8) is 0 Å². The fourth-order valence-corrected chi connectivity index (χ4v) is 1.77. The maximum Gasteiger partial charge on any atom is 0.251 e. The lowest BCUT2D eigenvalue weighted by molar-refractivity contribution is -0.0147. The van der Waals surface area contributed by atoms with Crippen molar-refractivity contribution in [2.45, 2.75) is 32.3 Å². The van der Waals surface area contributed by atoms with Gasteiger partial charge in [-0.05, 0) is 37.6 Å². The van der Waals surface area contributed by atoms with E-state index in [0.717, 1.165) is 18.6 Å². The lowest BCUT2D eigenvalue weighted by Gasteiger charge is -2.22. The highest BCUT2D eigenvalue weighted by molar-refractivity contribution is 5.94. The fourth-order valence-electron chi connectivity index (χ4n) is 1.77. The minimum atomic E-state index is -1.08. The van der Waals surface area contributed by atoms with Gasteiger partial charge in [-0.25, -0.2) is 0 Å². The second-order valence-corrected chi connectivity index (χ2v) is 5.34. The van der Waals surface area contributed by atoms with Crippen LogP contribution in [0.4, 0.5) is 0 Å². The first-order valence-electron chi connectivity index (χ1n) is 7.21. The molecule has 1 rings (SSSR count). The second-order valence-electron chi connectivity index (χ2n) is 5.34. The van der Waals surface area contributed by atoms with Crippen LogP contribution in [0.2, 0.25) is 0 Å². The molecule has 0 bridgehead atoms. The summed E-state index contributed by atoms with van der Waals surface area (Å²) in [5.41, 5.74) is -0.542. The Morgan fingerprint density at radius 2 is 2.00 bits per heavy atom. The minimum absolute atomic E-state index is 0.133. The molecule has 1 amide bonds. The highest BCUT2D eigenvalue weighted by Gasteiger charge is 2.21. The molecule has 2 N–H and O–H groups in total. The number of nitrogens with one attached hydrogen (secondary N) is 1. The largest absolute Gasteiger partial charge is 0.494 e. The smallest absolute Gasteiger partial charge is 0.251 e. The number of methoxy groups -OCH3 is 1. The van der Waals surface area contributed by atoms with Crippen molar-refractivity contribution in [3.05, 3.63) is 29.8 Å². The van der Waals surface area contributed by atoms with E-state index in [1.807, 2.05) is 0 Å². The van der Waals surface area contributed by atoms with Gasteiger partial charge in [0.2, 0.25) is 0 Å². The number of benzene rings is 1. The van der Waals surface area contributed by atoms with Crippen LogP contribution >= 0.6 is 0 Å². The highest BCUT2D eigenvalue weighted by atomic mass is 16.5. The average Bonchev–Trinajstić information content (AvgIpc) is 2.46. The van der Waals surface area contributed by atoms with Gasteiger partial charge in [0, 0.05) is 19.2 Å². The summed E-state index contributed by atoms with van der Waals surface area (Å²) >= 11 is 0. The van der Waals surface area contributed by atoms with Gasteiger partial charge in [-0.3, -0.25) is 4.79 Å². The predicted molar refractivity (Wildman–Crippen MR) is 81.7 cm³/mol. The number of hydrogen-bond acceptors (Lipinski definition) is 4. The van der Waals surface area contributed by atoms with E-state index in [2.05, 4.69) is 12.2 Å². The lowest BCUT2D eigenvalue weighted by atomic mass is 10.1. The third-order valence-corrected chi connectivity index (χ3v) is 2.97. The molecule has 0 fully saturated rings. The monoisotopic (exact) mass is 295 g/mol. The molecule has 0 aliphatic carbocycles. The molecule has 21 heavy (non-hydrogen) atoms. The lowest BCUT2D eigenvalue weighted by Crippen LogP contribution is -2.43. The van der Waals surface area contributed by atoms with Gasteiger partial charge in [0.1, 0.15) is 11.4 Å². The first-order valence-corrected chi connectivity index (χ1v) is 7.21. The van der Waals surface area contributed by atoms with Gasteiger partial charge in [-0.2, -0.15) is 0 Å². The first kappa shape index (κ1) is 17.5. The van der Waals surface area contributed by atoms with Crippen molar-refractivity contribution in [3.8, 4) is 5.75 Å². The molecule has 0 aliphatic rings.